The normalized spacial score (nSPS) is 14.4. The van der Waals surface area contributed by atoms with E-state index in [1.165, 1.54) is 6.92 Å². The fraction of sp³-hybridized carbons (Fsp3) is 0.556. The van der Waals surface area contributed by atoms with Gasteiger partial charge in [-0.25, -0.2) is 0 Å². The highest BCUT2D eigenvalue weighted by molar-refractivity contribution is 6.06. The number of hydrogen-bond donors (Lipinski definition) is 0. The Morgan fingerprint density at radius 1 is 1.43 bits per heavy atom. The fourth-order valence-electron chi connectivity index (χ4n) is 0.838. The molecule has 0 unspecified atom stereocenters. The molecule has 0 heterocycles. The molecule has 0 saturated heterocycles. The predicted molar refractivity (Wildman–Crippen MR) is 48.5 cm³/mol. The molecule has 0 N–H and O–H groups in total. The Morgan fingerprint density at radius 2 is 1.93 bits per heavy atom. The quantitative estimate of drug-likeness (QED) is 0.516. The zero-order chi connectivity index (χ0) is 11.4. The van der Waals surface area contributed by atoms with Crippen LogP contribution in [-0.4, -0.2) is 24.7 Å². The number of allylic oxidation sites excluding steroid dienone is 2. The highest BCUT2D eigenvalue weighted by Crippen LogP contribution is 2.19. The first-order valence-electron chi connectivity index (χ1n) is 4.08. The summed E-state index contributed by atoms with van der Waals surface area (Å²) in [5, 5.41) is 0. The molecule has 0 aromatic heterocycles. The van der Waals surface area contributed by atoms with E-state index >= 15 is 0 Å². The standard InChI is InChI=1S/C9H12F3NO/c1-4-7(14)6(2)5-8(13-3)9(10,11)12/h5H,4H2,1-3H3/b6-5+,13-8?. The van der Waals surface area contributed by atoms with Gasteiger partial charge in [0.1, 0.15) is 5.71 Å². The summed E-state index contributed by atoms with van der Waals surface area (Å²) < 4.78 is 36.5. The number of carbonyl (C=O) groups excluding carboxylic acids is 1. The molecule has 0 aromatic rings. The van der Waals surface area contributed by atoms with Crippen molar-refractivity contribution in [3.8, 4) is 0 Å². The number of nitrogens with zero attached hydrogens (tertiary/aromatic N) is 1. The highest BCUT2D eigenvalue weighted by Gasteiger charge is 2.33. The van der Waals surface area contributed by atoms with E-state index < -0.39 is 11.9 Å². The molecule has 0 rings (SSSR count). The van der Waals surface area contributed by atoms with Gasteiger partial charge in [-0.05, 0) is 18.6 Å². The molecule has 0 bridgehead atoms. The number of carbonyl (C=O) groups is 1. The molecular weight excluding hydrogens is 195 g/mol. The molecule has 0 aliphatic heterocycles. The lowest BCUT2D eigenvalue weighted by Crippen LogP contribution is -2.21. The zero-order valence-electron chi connectivity index (χ0n) is 8.27. The lowest BCUT2D eigenvalue weighted by Gasteiger charge is -2.06. The molecule has 0 fully saturated rings. The van der Waals surface area contributed by atoms with E-state index in [4.69, 9.17) is 0 Å². The van der Waals surface area contributed by atoms with E-state index in [0.29, 0.717) is 0 Å². The third-order valence-electron chi connectivity index (χ3n) is 1.65. The monoisotopic (exact) mass is 207 g/mol. The van der Waals surface area contributed by atoms with Gasteiger partial charge >= 0.3 is 6.18 Å². The maximum absolute atomic E-state index is 12.2. The number of aliphatic imine (C=N–C) groups is 1. The Hall–Kier alpha value is -1.13. The molecule has 0 aromatic carbocycles. The number of ketones is 1. The van der Waals surface area contributed by atoms with E-state index in [1.807, 2.05) is 0 Å². The second kappa shape index (κ2) is 4.93. The molecule has 2 nitrogen and oxygen atoms in total. The van der Waals surface area contributed by atoms with Crippen molar-refractivity contribution in [2.45, 2.75) is 26.4 Å². The third kappa shape index (κ3) is 3.72. The minimum atomic E-state index is -4.50. The highest BCUT2D eigenvalue weighted by atomic mass is 19.4. The minimum absolute atomic E-state index is 0.0745. The average Bonchev–Trinajstić information content (AvgIpc) is 2.10. The molecule has 80 valence electrons. The van der Waals surface area contributed by atoms with Crippen LogP contribution in [0.4, 0.5) is 13.2 Å². The van der Waals surface area contributed by atoms with Crippen molar-refractivity contribution in [1.82, 2.24) is 0 Å². The summed E-state index contributed by atoms with van der Waals surface area (Å²) >= 11 is 0. The molecule has 0 saturated carbocycles. The van der Waals surface area contributed by atoms with Crippen LogP contribution in [0, 0.1) is 0 Å². The third-order valence-corrected chi connectivity index (χ3v) is 1.65. The van der Waals surface area contributed by atoms with Crippen molar-refractivity contribution in [2.24, 2.45) is 4.99 Å². The van der Waals surface area contributed by atoms with Gasteiger partial charge in [-0.2, -0.15) is 13.2 Å². The summed E-state index contributed by atoms with van der Waals surface area (Å²) in [6.45, 7) is 2.94. The molecule has 0 amide bonds. The van der Waals surface area contributed by atoms with Crippen molar-refractivity contribution >= 4 is 11.5 Å². The lowest BCUT2D eigenvalue weighted by molar-refractivity contribution is -0.115. The van der Waals surface area contributed by atoms with Gasteiger partial charge in [0.25, 0.3) is 0 Å². The van der Waals surface area contributed by atoms with Crippen LogP contribution in [0.3, 0.4) is 0 Å². The zero-order valence-corrected chi connectivity index (χ0v) is 8.27. The smallest absolute Gasteiger partial charge is 0.295 e. The maximum atomic E-state index is 12.2. The van der Waals surface area contributed by atoms with Crippen LogP contribution in [0.5, 0.6) is 0 Å². The van der Waals surface area contributed by atoms with Gasteiger partial charge < -0.3 is 0 Å². The SMILES string of the molecule is CCC(=O)/C(C)=C/C(=NC)C(F)(F)F. The van der Waals surface area contributed by atoms with Crippen molar-refractivity contribution < 1.29 is 18.0 Å². The molecule has 0 atom stereocenters. The summed E-state index contributed by atoms with van der Waals surface area (Å²) in [6.07, 6.45) is -3.53. The first-order valence-corrected chi connectivity index (χ1v) is 4.08. The average molecular weight is 207 g/mol. The number of Topliss-reactive ketones (excluding diaryl/α,β-unsaturated/α-hetero) is 1. The molecule has 0 aliphatic carbocycles. The van der Waals surface area contributed by atoms with Gasteiger partial charge in [0, 0.05) is 13.5 Å². The molecular formula is C9H12F3NO. The first kappa shape index (κ1) is 12.9. The number of hydrogen-bond acceptors (Lipinski definition) is 2. The Balaban J connectivity index is 4.88. The summed E-state index contributed by atoms with van der Waals surface area (Å²) in [5.41, 5.74) is -0.956. The van der Waals surface area contributed by atoms with Crippen LogP contribution in [0.2, 0.25) is 0 Å². The van der Waals surface area contributed by atoms with Crippen LogP contribution in [0.25, 0.3) is 0 Å². The van der Waals surface area contributed by atoms with Gasteiger partial charge in [0.05, 0.1) is 0 Å². The van der Waals surface area contributed by atoms with Crippen LogP contribution >= 0.6 is 0 Å². The summed E-state index contributed by atoms with van der Waals surface area (Å²) in [6, 6.07) is 0. The lowest BCUT2D eigenvalue weighted by atomic mass is 10.1. The largest absolute Gasteiger partial charge is 0.432 e. The summed E-state index contributed by atoms with van der Waals surface area (Å²) in [5.74, 6) is -0.310. The van der Waals surface area contributed by atoms with Gasteiger partial charge in [0.15, 0.2) is 5.78 Å². The van der Waals surface area contributed by atoms with Crippen molar-refractivity contribution in [1.29, 1.82) is 0 Å². The van der Waals surface area contributed by atoms with Crippen molar-refractivity contribution in [3.63, 3.8) is 0 Å². The van der Waals surface area contributed by atoms with Gasteiger partial charge in [-0.1, -0.05) is 6.92 Å². The first-order chi connectivity index (χ1) is 6.32. The van der Waals surface area contributed by atoms with Crippen molar-refractivity contribution in [3.05, 3.63) is 11.6 Å². The van der Waals surface area contributed by atoms with Gasteiger partial charge in [-0.3, -0.25) is 9.79 Å². The topological polar surface area (TPSA) is 29.4 Å². The maximum Gasteiger partial charge on any atom is 0.432 e. The second-order valence-corrected chi connectivity index (χ2v) is 2.71. The predicted octanol–water partition coefficient (Wildman–Crippen LogP) is 2.54. The van der Waals surface area contributed by atoms with Crippen LogP contribution in [0.15, 0.2) is 16.6 Å². The Bertz CT molecular complexity index is 276. The van der Waals surface area contributed by atoms with Gasteiger partial charge in [0.2, 0.25) is 0 Å². The molecule has 5 heteroatoms. The van der Waals surface area contributed by atoms with E-state index in [1.54, 1.807) is 6.92 Å². The van der Waals surface area contributed by atoms with Crippen LogP contribution in [-0.2, 0) is 4.79 Å². The van der Waals surface area contributed by atoms with Crippen LogP contribution < -0.4 is 0 Å². The number of alkyl halides is 3. The Morgan fingerprint density at radius 3 is 2.21 bits per heavy atom. The molecule has 0 radical (unpaired) electrons. The molecule has 0 aliphatic rings. The van der Waals surface area contributed by atoms with Crippen LogP contribution in [0.1, 0.15) is 20.3 Å². The minimum Gasteiger partial charge on any atom is -0.295 e. The van der Waals surface area contributed by atoms with E-state index in [-0.39, 0.29) is 17.8 Å². The molecule has 0 spiro atoms. The second-order valence-electron chi connectivity index (χ2n) is 2.71. The number of halogens is 3. The molecule has 14 heavy (non-hydrogen) atoms. The van der Waals surface area contributed by atoms with Gasteiger partial charge in [-0.15, -0.1) is 0 Å². The summed E-state index contributed by atoms with van der Waals surface area (Å²) in [4.78, 5) is 14.1. The Kier molecular flexibility index (Phi) is 4.53. The Labute approximate surface area is 80.5 Å². The summed E-state index contributed by atoms with van der Waals surface area (Å²) in [7, 11) is 1.04. The van der Waals surface area contributed by atoms with E-state index in [0.717, 1.165) is 13.1 Å². The van der Waals surface area contributed by atoms with Crippen molar-refractivity contribution in [2.75, 3.05) is 7.05 Å². The fourth-order valence-corrected chi connectivity index (χ4v) is 0.838. The number of rotatable bonds is 3. The van der Waals surface area contributed by atoms with E-state index in [9.17, 15) is 18.0 Å². The van der Waals surface area contributed by atoms with E-state index in [2.05, 4.69) is 4.99 Å².